The molecule has 0 aliphatic carbocycles. The van der Waals surface area contributed by atoms with E-state index >= 15 is 0 Å². The Balaban J connectivity index is 2.38. The summed E-state index contributed by atoms with van der Waals surface area (Å²) < 4.78 is 0. The molecule has 48 valence electrons. The van der Waals surface area contributed by atoms with Crippen molar-refractivity contribution < 1.29 is 0 Å². The highest BCUT2D eigenvalue weighted by atomic mass is 16.3. The second kappa shape index (κ2) is 3.02. The van der Waals surface area contributed by atoms with E-state index in [0.29, 0.717) is 6.54 Å². The maximum atomic E-state index is 9.64. The summed E-state index contributed by atoms with van der Waals surface area (Å²) in [5.41, 5.74) is 1.06. The first-order valence-corrected chi connectivity index (χ1v) is 2.85. The number of nitrogens with one attached hydrogen (secondary N) is 1. The number of hydrogen-bond acceptors (Lipinski definition) is 2. The minimum atomic E-state index is 0.362. The number of H-pyrrole nitrogens is 1. The largest absolute Gasteiger partial charge is 0.365 e. The molecule has 0 spiro atoms. The van der Waals surface area contributed by atoms with Gasteiger partial charge in [-0.2, -0.15) is 4.91 Å². The van der Waals surface area contributed by atoms with Gasteiger partial charge in [-0.05, 0) is 12.1 Å². The average Bonchev–Trinajstić information content (AvgIpc) is 2.34. The van der Waals surface area contributed by atoms with Gasteiger partial charge in [0, 0.05) is 18.3 Å². The van der Waals surface area contributed by atoms with Crippen molar-refractivity contribution in [2.45, 2.75) is 6.42 Å². The Hall–Kier alpha value is -1.12. The first kappa shape index (κ1) is 6.01. The van der Waals surface area contributed by atoms with Gasteiger partial charge in [0.2, 0.25) is 0 Å². The minimum Gasteiger partial charge on any atom is -0.365 e. The second-order valence-electron chi connectivity index (χ2n) is 1.80. The zero-order valence-corrected chi connectivity index (χ0v) is 5.00. The van der Waals surface area contributed by atoms with Crippen molar-refractivity contribution in [1.82, 2.24) is 4.98 Å². The monoisotopic (exact) mass is 124 g/mol. The molecule has 0 unspecified atom stereocenters. The maximum absolute atomic E-state index is 9.64. The third-order valence-electron chi connectivity index (χ3n) is 1.13. The second-order valence-corrected chi connectivity index (χ2v) is 1.80. The van der Waals surface area contributed by atoms with Crippen LogP contribution >= 0.6 is 0 Å². The molecule has 1 rings (SSSR count). The van der Waals surface area contributed by atoms with Crippen LogP contribution in [0.15, 0.2) is 23.5 Å². The fourth-order valence-electron chi connectivity index (χ4n) is 0.689. The van der Waals surface area contributed by atoms with Gasteiger partial charge < -0.3 is 4.98 Å². The predicted octanol–water partition coefficient (Wildman–Crippen LogP) is 1.32. The van der Waals surface area contributed by atoms with Crippen LogP contribution in [0, 0.1) is 4.91 Å². The van der Waals surface area contributed by atoms with E-state index < -0.39 is 0 Å². The summed E-state index contributed by atoms with van der Waals surface area (Å²) in [6, 6.07) is 3.84. The number of aromatic nitrogens is 1. The van der Waals surface area contributed by atoms with Crippen molar-refractivity contribution in [2.24, 2.45) is 5.18 Å². The van der Waals surface area contributed by atoms with Crippen LogP contribution in [0.4, 0.5) is 0 Å². The zero-order chi connectivity index (χ0) is 6.53. The zero-order valence-electron chi connectivity index (χ0n) is 5.00. The molecule has 0 amide bonds. The molecule has 1 aromatic heterocycles. The molecule has 0 saturated carbocycles. The summed E-state index contributed by atoms with van der Waals surface area (Å²) >= 11 is 0. The smallest absolute Gasteiger partial charge is 0.0865 e. The molecule has 0 saturated heterocycles. The van der Waals surface area contributed by atoms with Gasteiger partial charge in [-0.1, -0.05) is 5.18 Å². The predicted molar refractivity (Wildman–Crippen MR) is 35.2 cm³/mol. The lowest BCUT2D eigenvalue weighted by atomic mass is 10.3. The molecule has 9 heavy (non-hydrogen) atoms. The number of aromatic amines is 1. The lowest BCUT2D eigenvalue weighted by Gasteiger charge is -1.86. The van der Waals surface area contributed by atoms with Crippen molar-refractivity contribution in [2.75, 3.05) is 6.54 Å². The first-order chi connectivity index (χ1) is 4.43. The Morgan fingerprint density at radius 2 is 2.56 bits per heavy atom. The van der Waals surface area contributed by atoms with Crippen LogP contribution in [0.2, 0.25) is 0 Å². The lowest BCUT2D eigenvalue weighted by molar-refractivity contribution is 0.929. The van der Waals surface area contributed by atoms with E-state index in [2.05, 4.69) is 10.2 Å². The number of nitroso groups, excluding NO2 is 1. The van der Waals surface area contributed by atoms with Crippen LogP contribution in [0.5, 0.6) is 0 Å². The van der Waals surface area contributed by atoms with Gasteiger partial charge >= 0.3 is 0 Å². The highest BCUT2D eigenvalue weighted by Gasteiger charge is 1.89. The molecule has 3 heteroatoms. The average molecular weight is 124 g/mol. The quantitative estimate of drug-likeness (QED) is 0.607. The van der Waals surface area contributed by atoms with Crippen LogP contribution < -0.4 is 0 Å². The maximum Gasteiger partial charge on any atom is 0.0865 e. The van der Waals surface area contributed by atoms with E-state index in [-0.39, 0.29) is 0 Å². The Kier molecular flexibility index (Phi) is 2.01. The van der Waals surface area contributed by atoms with E-state index in [4.69, 9.17) is 0 Å². The minimum absolute atomic E-state index is 0.362. The molecule has 3 nitrogen and oxygen atoms in total. The molecule has 1 aromatic rings. The third kappa shape index (κ3) is 1.68. The van der Waals surface area contributed by atoms with E-state index in [0.717, 1.165) is 12.1 Å². The highest BCUT2D eigenvalue weighted by molar-refractivity contribution is 5.03. The van der Waals surface area contributed by atoms with Crippen LogP contribution in [0.3, 0.4) is 0 Å². The van der Waals surface area contributed by atoms with E-state index in [1.165, 1.54) is 0 Å². The summed E-state index contributed by atoms with van der Waals surface area (Å²) in [7, 11) is 0. The van der Waals surface area contributed by atoms with Gasteiger partial charge in [0.05, 0.1) is 6.54 Å². The molecule has 0 aromatic carbocycles. The molecule has 0 radical (unpaired) electrons. The summed E-state index contributed by atoms with van der Waals surface area (Å²) in [6.45, 7) is 0.362. The standard InChI is InChI=1S/C6H8N2O/c9-8-5-3-6-2-1-4-7-6/h1-2,4,7H,3,5H2. The topological polar surface area (TPSA) is 45.2 Å². The lowest BCUT2D eigenvalue weighted by Crippen LogP contribution is -1.86. The molecule has 0 aliphatic rings. The molecule has 0 atom stereocenters. The van der Waals surface area contributed by atoms with Gasteiger partial charge in [-0.25, -0.2) is 0 Å². The summed E-state index contributed by atoms with van der Waals surface area (Å²) in [4.78, 5) is 12.6. The summed E-state index contributed by atoms with van der Waals surface area (Å²) in [5.74, 6) is 0. The van der Waals surface area contributed by atoms with Crippen LogP contribution in [0.25, 0.3) is 0 Å². The van der Waals surface area contributed by atoms with E-state index in [1.807, 2.05) is 18.3 Å². The summed E-state index contributed by atoms with van der Waals surface area (Å²) in [6.07, 6.45) is 2.55. The number of rotatable bonds is 3. The molecular formula is C6H8N2O. The SMILES string of the molecule is O=NCCc1ccc[nH]1. The molecule has 1 heterocycles. The normalized spacial score (nSPS) is 9.33. The van der Waals surface area contributed by atoms with E-state index in [1.54, 1.807) is 0 Å². The van der Waals surface area contributed by atoms with Crippen molar-refractivity contribution in [3.8, 4) is 0 Å². The van der Waals surface area contributed by atoms with Gasteiger partial charge in [0.15, 0.2) is 0 Å². The fourth-order valence-corrected chi connectivity index (χ4v) is 0.689. The molecule has 1 N–H and O–H groups in total. The van der Waals surface area contributed by atoms with Gasteiger partial charge in [0.1, 0.15) is 0 Å². The summed E-state index contributed by atoms with van der Waals surface area (Å²) in [5, 5.41) is 2.74. The Morgan fingerprint density at radius 3 is 3.11 bits per heavy atom. The van der Waals surface area contributed by atoms with Crippen LogP contribution in [-0.4, -0.2) is 11.5 Å². The number of nitrogens with zero attached hydrogens (tertiary/aromatic N) is 1. The highest BCUT2D eigenvalue weighted by Crippen LogP contribution is 1.94. The Labute approximate surface area is 53.1 Å². The van der Waals surface area contributed by atoms with Crippen LogP contribution in [-0.2, 0) is 6.42 Å². The molecule has 0 fully saturated rings. The van der Waals surface area contributed by atoms with Crippen molar-refractivity contribution in [1.29, 1.82) is 0 Å². The van der Waals surface area contributed by atoms with Crippen molar-refractivity contribution in [3.63, 3.8) is 0 Å². The Bertz CT molecular complexity index is 169. The third-order valence-corrected chi connectivity index (χ3v) is 1.13. The fraction of sp³-hybridized carbons (Fsp3) is 0.333. The van der Waals surface area contributed by atoms with Crippen molar-refractivity contribution >= 4 is 0 Å². The van der Waals surface area contributed by atoms with E-state index in [9.17, 15) is 4.91 Å². The van der Waals surface area contributed by atoms with Gasteiger partial charge in [-0.15, -0.1) is 0 Å². The van der Waals surface area contributed by atoms with Crippen LogP contribution in [0.1, 0.15) is 5.69 Å². The van der Waals surface area contributed by atoms with Gasteiger partial charge in [-0.3, -0.25) is 0 Å². The Morgan fingerprint density at radius 1 is 1.67 bits per heavy atom. The molecule has 0 aliphatic heterocycles. The molecular weight excluding hydrogens is 116 g/mol. The first-order valence-electron chi connectivity index (χ1n) is 2.85. The molecule has 0 bridgehead atoms. The number of hydrogen-bond donors (Lipinski definition) is 1. The van der Waals surface area contributed by atoms with Gasteiger partial charge in [0.25, 0.3) is 0 Å². The van der Waals surface area contributed by atoms with Crippen molar-refractivity contribution in [3.05, 3.63) is 28.9 Å².